The highest BCUT2D eigenvalue weighted by Gasteiger charge is 2.34. The number of amides is 1. The van der Waals surface area contributed by atoms with E-state index in [0.29, 0.717) is 11.5 Å². The smallest absolute Gasteiger partial charge is 0.251 e. The summed E-state index contributed by atoms with van der Waals surface area (Å²) in [6.07, 6.45) is 6.13. The molecule has 3 aromatic rings. The Morgan fingerprint density at radius 3 is 2.83 bits per heavy atom. The van der Waals surface area contributed by atoms with Crippen LogP contribution in [0, 0.1) is 12.8 Å². The Bertz CT molecular complexity index is 908. The molecule has 0 radical (unpaired) electrons. The molecule has 1 saturated carbocycles. The highest BCUT2D eigenvalue weighted by molar-refractivity contribution is 5.98. The number of benzene rings is 1. The van der Waals surface area contributed by atoms with Crippen molar-refractivity contribution in [3.05, 3.63) is 65.6 Å². The number of carbonyl (C=O) groups excluding carboxylic acids is 1. The molecule has 1 aromatic carbocycles. The number of nitrogens with zero attached hydrogens (tertiary/aromatic N) is 2. The predicted molar refractivity (Wildman–Crippen MR) is 94.8 cm³/mol. The molecule has 2 heterocycles. The molecule has 0 unspecified atom stereocenters. The van der Waals surface area contributed by atoms with E-state index in [1.54, 1.807) is 0 Å². The van der Waals surface area contributed by atoms with Crippen LogP contribution >= 0.6 is 0 Å². The van der Waals surface area contributed by atoms with Crippen molar-refractivity contribution in [3.8, 4) is 0 Å². The van der Waals surface area contributed by atoms with Crippen LogP contribution in [0.3, 0.4) is 0 Å². The average molecular weight is 319 g/mol. The molecule has 0 spiro atoms. The van der Waals surface area contributed by atoms with Gasteiger partial charge in [0.1, 0.15) is 0 Å². The van der Waals surface area contributed by atoms with E-state index in [1.165, 1.54) is 5.56 Å². The third kappa shape index (κ3) is 2.80. The average Bonchev–Trinajstić information content (AvgIpc) is 3.36. The lowest BCUT2D eigenvalue weighted by atomic mass is 10.1. The summed E-state index contributed by atoms with van der Waals surface area (Å²) >= 11 is 0. The van der Waals surface area contributed by atoms with Crippen LogP contribution in [0.5, 0.6) is 0 Å². The van der Waals surface area contributed by atoms with Crippen molar-refractivity contribution in [2.45, 2.75) is 25.8 Å². The molecule has 4 nitrogen and oxygen atoms in total. The zero-order valence-corrected chi connectivity index (χ0v) is 14.0. The lowest BCUT2D eigenvalue weighted by Gasteiger charge is -2.18. The molecule has 4 heteroatoms. The normalized spacial score (nSPS) is 15.4. The quantitative estimate of drug-likeness (QED) is 0.796. The van der Waals surface area contributed by atoms with Crippen LogP contribution in [-0.4, -0.2) is 15.5 Å². The standard InChI is InChI=1S/C20H21N3O/c1-13-7-9-21-17(11-13)19(15-4-5-15)22-20(24)16-6-3-14-8-10-23(2)18(14)12-16/h3,6-12,15,19H,4-5H2,1-2H3,(H,22,24)/t19-/m0/s1. The Morgan fingerprint density at radius 2 is 2.08 bits per heavy atom. The first-order chi connectivity index (χ1) is 11.6. The van der Waals surface area contributed by atoms with Crippen LogP contribution in [0.1, 0.15) is 40.5 Å². The van der Waals surface area contributed by atoms with Gasteiger partial charge in [-0.3, -0.25) is 9.78 Å². The fourth-order valence-electron chi connectivity index (χ4n) is 3.22. The molecule has 24 heavy (non-hydrogen) atoms. The molecule has 1 fully saturated rings. The van der Waals surface area contributed by atoms with Gasteiger partial charge in [-0.05, 0) is 67.0 Å². The van der Waals surface area contributed by atoms with E-state index in [4.69, 9.17) is 0 Å². The third-order valence-corrected chi connectivity index (χ3v) is 4.79. The van der Waals surface area contributed by atoms with E-state index in [-0.39, 0.29) is 11.9 Å². The number of fused-ring (bicyclic) bond motifs is 1. The van der Waals surface area contributed by atoms with Gasteiger partial charge < -0.3 is 9.88 Å². The number of carbonyl (C=O) groups is 1. The van der Waals surface area contributed by atoms with Crippen molar-refractivity contribution in [1.29, 1.82) is 0 Å². The number of aromatic nitrogens is 2. The Kier molecular flexibility index (Phi) is 3.60. The van der Waals surface area contributed by atoms with Crippen LogP contribution in [0.15, 0.2) is 48.8 Å². The first kappa shape index (κ1) is 14.9. The zero-order valence-electron chi connectivity index (χ0n) is 14.0. The lowest BCUT2D eigenvalue weighted by molar-refractivity contribution is 0.0931. The van der Waals surface area contributed by atoms with Crippen molar-refractivity contribution in [3.63, 3.8) is 0 Å². The van der Waals surface area contributed by atoms with Gasteiger partial charge in [-0.15, -0.1) is 0 Å². The van der Waals surface area contributed by atoms with Crippen molar-refractivity contribution < 1.29 is 4.79 Å². The Hall–Kier alpha value is -2.62. The van der Waals surface area contributed by atoms with E-state index in [2.05, 4.69) is 29.4 Å². The van der Waals surface area contributed by atoms with E-state index < -0.39 is 0 Å². The van der Waals surface area contributed by atoms with E-state index in [0.717, 1.165) is 29.4 Å². The minimum absolute atomic E-state index is 0.00140. The van der Waals surface area contributed by atoms with Crippen molar-refractivity contribution in [1.82, 2.24) is 14.9 Å². The molecule has 4 rings (SSSR count). The Morgan fingerprint density at radius 1 is 1.25 bits per heavy atom. The van der Waals surface area contributed by atoms with Crippen molar-refractivity contribution in [2.75, 3.05) is 0 Å². The van der Waals surface area contributed by atoms with E-state index in [9.17, 15) is 4.79 Å². The maximum Gasteiger partial charge on any atom is 0.251 e. The largest absolute Gasteiger partial charge is 0.351 e. The van der Waals surface area contributed by atoms with Gasteiger partial charge in [0.15, 0.2) is 0 Å². The van der Waals surface area contributed by atoms with E-state index >= 15 is 0 Å². The summed E-state index contributed by atoms with van der Waals surface area (Å²) in [5.74, 6) is 0.473. The van der Waals surface area contributed by atoms with Crippen LogP contribution in [0.25, 0.3) is 10.9 Å². The lowest BCUT2D eigenvalue weighted by Crippen LogP contribution is -2.30. The minimum Gasteiger partial charge on any atom is -0.351 e. The molecular formula is C20H21N3O. The van der Waals surface area contributed by atoms with Gasteiger partial charge in [0.05, 0.1) is 11.7 Å². The van der Waals surface area contributed by atoms with Gasteiger partial charge in [-0.2, -0.15) is 0 Å². The predicted octanol–water partition coefficient (Wildman–Crippen LogP) is 3.76. The molecule has 122 valence electrons. The molecule has 0 saturated heterocycles. The second-order valence-electron chi connectivity index (χ2n) is 6.75. The van der Waals surface area contributed by atoms with E-state index in [1.807, 2.05) is 48.3 Å². The molecule has 1 aliphatic carbocycles. The highest BCUT2D eigenvalue weighted by atomic mass is 16.1. The number of aryl methyl sites for hydroxylation is 2. The molecular weight excluding hydrogens is 298 g/mol. The summed E-state index contributed by atoms with van der Waals surface area (Å²) in [7, 11) is 1.99. The maximum absolute atomic E-state index is 12.8. The summed E-state index contributed by atoms with van der Waals surface area (Å²) < 4.78 is 2.03. The summed E-state index contributed by atoms with van der Waals surface area (Å²) in [6.45, 7) is 2.06. The van der Waals surface area contributed by atoms with Gasteiger partial charge in [0, 0.05) is 30.5 Å². The summed E-state index contributed by atoms with van der Waals surface area (Å²) in [5.41, 5.74) is 3.90. The van der Waals surface area contributed by atoms with Crippen LogP contribution in [-0.2, 0) is 7.05 Å². The SMILES string of the molecule is Cc1ccnc([C@@H](NC(=O)c2ccc3ccn(C)c3c2)C2CC2)c1. The first-order valence-electron chi connectivity index (χ1n) is 8.40. The summed E-state index contributed by atoms with van der Waals surface area (Å²) in [4.78, 5) is 17.3. The van der Waals surface area contributed by atoms with Gasteiger partial charge in [-0.1, -0.05) is 6.07 Å². The van der Waals surface area contributed by atoms with Crippen molar-refractivity contribution in [2.24, 2.45) is 13.0 Å². The number of pyridine rings is 1. The topological polar surface area (TPSA) is 46.9 Å². The third-order valence-electron chi connectivity index (χ3n) is 4.79. The Balaban J connectivity index is 1.61. The van der Waals surface area contributed by atoms with Gasteiger partial charge in [0.2, 0.25) is 0 Å². The van der Waals surface area contributed by atoms with Crippen LogP contribution in [0.4, 0.5) is 0 Å². The minimum atomic E-state index is -0.0293. The molecule has 0 aliphatic heterocycles. The molecule has 1 N–H and O–H groups in total. The fourth-order valence-corrected chi connectivity index (χ4v) is 3.22. The fraction of sp³-hybridized carbons (Fsp3) is 0.300. The van der Waals surface area contributed by atoms with Gasteiger partial charge in [0.25, 0.3) is 5.91 Å². The maximum atomic E-state index is 12.8. The van der Waals surface area contributed by atoms with Gasteiger partial charge in [-0.25, -0.2) is 0 Å². The van der Waals surface area contributed by atoms with Crippen LogP contribution in [0.2, 0.25) is 0 Å². The number of hydrogen-bond donors (Lipinski definition) is 1. The zero-order chi connectivity index (χ0) is 16.7. The number of nitrogens with one attached hydrogen (secondary N) is 1. The van der Waals surface area contributed by atoms with Crippen molar-refractivity contribution >= 4 is 16.8 Å². The number of rotatable bonds is 4. The highest BCUT2D eigenvalue weighted by Crippen LogP contribution is 2.40. The van der Waals surface area contributed by atoms with Gasteiger partial charge >= 0.3 is 0 Å². The van der Waals surface area contributed by atoms with Crippen LogP contribution < -0.4 is 5.32 Å². The molecule has 0 bridgehead atoms. The summed E-state index contributed by atoms with van der Waals surface area (Å²) in [5, 5.41) is 4.35. The molecule has 1 amide bonds. The molecule has 2 aromatic heterocycles. The second-order valence-corrected chi connectivity index (χ2v) is 6.75. The molecule has 1 aliphatic rings. The monoisotopic (exact) mass is 319 g/mol. The summed E-state index contributed by atoms with van der Waals surface area (Å²) in [6, 6.07) is 12.0. The first-order valence-corrected chi connectivity index (χ1v) is 8.40. The Labute approximate surface area is 141 Å². The number of hydrogen-bond acceptors (Lipinski definition) is 2. The molecule has 1 atom stereocenters. The second kappa shape index (κ2) is 5.78.